The molecule has 0 aromatic heterocycles. The Morgan fingerprint density at radius 3 is 2.95 bits per heavy atom. The van der Waals surface area contributed by atoms with Crippen LogP contribution < -0.4 is 5.32 Å². The van der Waals surface area contributed by atoms with E-state index in [0.717, 1.165) is 11.3 Å². The van der Waals surface area contributed by atoms with E-state index in [1.54, 1.807) is 0 Å². The number of rotatable bonds is 3. The maximum Gasteiger partial charge on any atom is 0.146 e. The van der Waals surface area contributed by atoms with Crippen molar-refractivity contribution in [1.82, 2.24) is 0 Å². The van der Waals surface area contributed by atoms with E-state index in [9.17, 15) is 9.18 Å². The Morgan fingerprint density at radius 1 is 1.30 bits per heavy atom. The Balaban J connectivity index is 1.83. The largest absolute Gasteiger partial charge is 0.384 e. The fourth-order valence-electron chi connectivity index (χ4n) is 2.56. The molecule has 1 N–H and O–H groups in total. The first kappa shape index (κ1) is 13.1. The van der Waals surface area contributed by atoms with E-state index in [4.69, 9.17) is 11.6 Å². The molecule has 0 bridgehead atoms. The lowest BCUT2D eigenvalue weighted by molar-refractivity contribution is -0.119. The number of hydrogen-bond donors (Lipinski definition) is 1. The topological polar surface area (TPSA) is 29.1 Å². The summed E-state index contributed by atoms with van der Waals surface area (Å²) in [7, 11) is 0. The summed E-state index contributed by atoms with van der Waals surface area (Å²) in [5.41, 5.74) is 2.54. The first-order valence-corrected chi connectivity index (χ1v) is 6.82. The van der Waals surface area contributed by atoms with Crippen LogP contribution in [0.3, 0.4) is 0 Å². The average Bonchev–Trinajstić information content (AvgIpc) is 2.87. The summed E-state index contributed by atoms with van der Waals surface area (Å²) in [5.74, 6) is -0.511. The molecule has 0 amide bonds. The molecule has 2 nitrogen and oxygen atoms in total. The molecule has 1 unspecified atom stereocenters. The highest BCUT2D eigenvalue weighted by Gasteiger charge is 2.28. The lowest BCUT2D eigenvalue weighted by atomic mass is 9.93. The van der Waals surface area contributed by atoms with Crippen LogP contribution in [0.15, 0.2) is 42.5 Å². The molecule has 2 aromatic carbocycles. The monoisotopic (exact) mass is 289 g/mol. The molecular formula is C16H13ClFNO. The third kappa shape index (κ3) is 2.41. The zero-order valence-electron chi connectivity index (χ0n) is 10.7. The predicted octanol–water partition coefficient (Wildman–Crippen LogP) is 3.80. The fraction of sp³-hybridized carbons (Fsp3) is 0.188. The van der Waals surface area contributed by atoms with Crippen molar-refractivity contribution in [3.05, 3.63) is 64.4 Å². The van der Waals surface area contributed by atoms with Gasteiger partial charge in [-0.05, 0) is 35.4 Å². The second kappa shape index (κ2) is 5.25. The number of ketones is 1. The van der Waals surface area contributed by atoms with Gasteiger partial charge in [-0.1, -0.05) is 29.8 Å². The van der Waals surface area contributed by atoms with Crippen LogP contribution in [0.25, 0.3) is 0 Å². The van der Waals surface area contributed by atoms with E-state index in [1.807, 2.05) is 24.3 Å². The molecule has 0 radical (unpaired) electrons. The predicted molar refractivity (Wildman–Crippen MR) is 77.8 cm³/mol. The van der Waals surface area contributed by atoms with Crippen molar-refractivity contribution in [2.75, 3.05) is 11.9 Å². The quantitative estimate of drug-likeness (QED) is 0.931. The van der Waals surface area contributed by atoms with Crippen LogP contribution in [0, 0.1) is 5.82 Å². The SMILES string of the molecule is O=C(Cc1cc(F)ccc1Cl)C1CNc2ccccc21. The maximum absolute atomic E-state index is 13.2. The minimum Gasteiger partial charge on any atom is -0.384 e. The van der Waals surface area contributed by atoms with Gasteiger partial charge in [0.25, 0.3) is 0 Å². The standard InChI is InChI=1S/C16H13ClFNO/c17-14-6-5-11(18)7-10(14)8-16(20)13-9-19-15-4-2-1-3-12(13)15/h1-7,13,19H,8-9H2. The summed E-state index contributed by atoms with van der Waals surface area (Å²) in [6, 6.07) is 11.9. The van der Waals surface area contributed by atoms with E-state index in [1.165, 1.54) is 18.2 Å². The van der Waals surface area contributed by atoms with Gasteiger partial charge in [0, 0.05) is 23.7 Å². The number of Topliss-reactive ketones (excluding diaryl/α,β-unsaturated/α-hetero) is 1. The highest BCUT2D eigenvalue weighted by Crippen LogP contribution is 2.32. The van der Waals surface area contributed by atoms with E-state index in [-0.39, 0.29) is 23.9 Å². The maximum atomic E-state index is 13.2. The van der Waals surface area contributed by atoms with Gasteiger partial charge < -0.3 is 5.32 Å². The molecule has 0 aliphatic carbocycles. The van der Waals surface area contributed by atoms with Gasteiger partial charge in [0.2, 0.25) is 0 Å². The number of para-hydroxylation sites is 1. The second-order valence-electron chi connectivity index (χ2n) is 4.90. The fourth-order valence-corrected chi connectivity index (χ4v) is 2.75. The lowest BCUT2D eigenvalue weighted by Gasteiger charge is -2.10. The minimum atomic E-state index is -0.373. The van der Waals surface area contributed by atoms with Gasteiger partial charge in [0.15, 0.2) is 0 Å². The van der Waals surface area contributed by atoms with Crippen molar-refractivity contribution in [1.29, 1.82) is 0 Å². The summed E-state index contributed by atoms with van der Waals surface area (Å²) < 4.78 is 13.2. The van der Waals surface area contributed by atoms with Crippen LogP contribution in [0.4, 0.5) is 10.1 Å². The number of benzene rings is 2. The molecule has 0 fully saturated rings. The molecule has 0 saturated carbocycles. The van der Waals surface area contributed by atoms with E-state index < -0.39 is 0 Å². The Morgan fingerprint density at radius 2 is 2.10 bits per heavy atom. The number of carbonyl (C=O) groups excluding carboxylic acids is 1. The minimum absolute atomic E-state index is 0.0509. The van der Waals surface area contributed by atoms with E-state index >= 15 is 0 Å². The van der Waals surface area contributed by atoms with Crippen molar-refractivity contribution in [2.45, 2.75) is 12.3 Å². The zero-order chi connectivity index (χ0) is 14.1. The van der Waals surface area contributed by atoms with Gasteiger partial charge in [-0.25, -0.2) is 4.39 Å². The molecule has 1 aliphatic rings. The molecule has 3 rings (SSSR count). The summed E-state index contributed by atoms with van der Waals surface area (Å²) in [6.45, 7) is 0.588. The third-order valence-electron chi connectivity index (χ3n) is 3.59. The number of fused-ring (bicyclic) bond motifs is 1. The van der Waals surface area contributed by atoms with Gasteiger partial charge in [-0.3, -0.25) is 4.79 Å². The Hall–Kier alpha value is -1.87. The van der Waals surface area contributed by atoms with Crippen LogP contribution in [0.1, 0.15) is 17.0 Å². The average molecular weight is 290 g/mol. The molecule has 102 valence electrons. The normalized spacial score (nSPS) is 16.6. The van der Waals surface area contributed by atoms with Crippen molar-refractivity contribution in [3.63, 3.8) is 0 Å². The molecule has 0 spiro atoms. The molecule has 0 saturated heterocycles. The molecule has 20 heavy (non-hydrogen) atoms. The molecule has 1 atom stereocenters. The Labute approximate surface area is 121 Å². The summed E-state index contributed by atoms with van der Waals surface area (Å²) in [6.07, 6.45) is 0.150. The first-order valence-electron chi connectivity index (χ1n) is 6.44. The number of halogens is 2. The van der Waals surface area contributed by atoms with Crippen molar-refractivity contribution >= 4 is 23.1 Å². The molecule has 2 aromatic rings. The molecule has 4 heteroatoms. The number of anilines is 1. The zero-order valence-corrected chi connectivity index (χ0v) is 11.5. The van der Waals surface area contributed by atoms with Gasteiger partial charge in [0.05, 0.1) is 5.92 Å². The van der Waals surface area contributed by atoms with Crippen LogP contribution in [-0.4, -0.2) is 12.3 Å². The van der Waals surface area contributed by atoms with Crippen LogP contribution in [0.2, 0.25) is 5.02 Å². The van der Waals surface area contributed by atoms with Crippen LogP contribution in [-0.2, 0) is 11.2 Å². The molecule has 1 aliphatic heterocycles. The van der Waals surface area contributed by atoms with E-state index in [0.29, 0.717) is 17.1 Å². The van der Waals surface area contributed by atoms with Crippen LogP contribution >= 0.6 is 11.6 Å². The van der Waals surface area contributed by atoms with E-state index in [2.05, 4.69) is 5.32 Å². The van der Waals surface area contributed by atoms with Crippen molar-refractivity contribution in [3.8, 4) is 0 Å². The Bertz CT molecular complexity index is 671. The highest BCUT2D eigenvalue weighted by molar-refractivity contribution is 6.31. The lowest BCUT2D eigenvalue weighted by Crippen LogP contribution is -2.17. The second-order valence-corrected chi connectivity index (χ2v) is 5.31. The van der Waals surface area contributed by atoms with Gasteiger partial charge >= 0.3 is 0 Å². The molecule has 1 heterocycles. The third-order valence-corrected chi connectivity index (χ3v) is 3.96. The van der Waals surface area contributed by atoms with Crippen molar-refractivity contribution < 1.29 is 9.18 Å². The Kier molecular flexibility index (Phi) is 3.45. The number of nitrogens with one attached hydrogen (secondary N) is 1. The number of hydrogen-bond acceptors (Lipinski definition) is 2. The highest BCUT2D eigenvalue weighted by atomic mass is 35.5. The van der Waals surface area contributed by atoms with Crippen LogP contribution in [0.5, 0.6) is 0 Å². The first-order chi connectivity index (χ1) is 9.65. The van der Waals surface area contributed by atoms with Gasteiger partial charge in [0.1, 0.15) is 11.6 Å². The van der Waals surface area contributed by atoms with Gasteiger partial charge in [-0.2, -0.15) is 0 Å². The van der Waals surface area contributed by atoms with Gasteiger partial charge in [-0.15, -0.1) is 0 Å². The number of carbonyl (C=O) groups is 1. The smallest absolute Gasteiger partial charge is 0.146 e. The summed E-state index contributed by atoms with van der Waals surface area (Å²) in [4.78, 5) is 12.4. The summed E-state index contributed by atoms with van der Waals surface area (Å²) >= 11 is 6.01. The summed E-state index contributed by atoms with van der Waals surface area (Å²) in [5, 5.41) is 3.64. The molecular weight excluding hydrogens is 277 g/mol. The van der Waals surface area contributed by atoms with Crippen molar-refractivity contribution in [2.24, 2.45) is 0 Å².